The number of hydrogen-bond acceptors (Lipinski definition) is 18. The van der Waals surface area contributed by atoms with Gasteiger partial charge in [-0.05, 0) is 87.9 Å². The van der Waals surface area contributed by atoms with Gasteiger partial charge in [0.1, 0.15) is 48.8 Å². The third kappa shape index (κ3) is 19.8. The maximum absolute atomic E-state index is 14.3. The summed E-state index contributed by atoms with van der Waals surface area (Å²) in [5.74, 6) is -8.83. The number of benzene rings is 1. The van der Waals surface area contributed by atoms with Gasteiger partial charge in [0.2, 0.25) is 47.3 Å². The monoisotopic (exact) mass is 1200 g/mol. The molecule has 83 heavy (non-hydrogen) atoms. The van der Waals surface area contributed by atoms with Gasteiger partial charge in [0.15, 0.2) is 11.9 Å². The number of thiophene rings is 1. The van der Waals surface area contributed by atoms with E-state index in [2.05, 4.69) is 41.9 Å². The van der Waals surface area contributed by atoms with E-state index < -0.39 is 133 Å². The molecule has 0 spiro atoms. The number of thioether (sulfide) groups is 1. The molecule has 9 amide bonds. The number of rotatable bonds is 31. The van der Waals surface area contributed by atoms with Crippen LogP contribution in [0.15, 0.2) is 56.7 Å². The van der Waals surface area contributed by atoms with Crippen molar-refractivity contribution in [3.05, 3.63) is 46.7 Å². The Morgan fingerprint density at radius 1 is 0.747 bits per heavy atom. The average molecular weight is 1200 g/mol. The number of aliphatic hydroxyl groups is 2. The van der Waals surface area contributed by atoms with Gasteiger partial charge in [0.25, 0.3) is 5.91 Å². The first-order valence-corrected chi connectivity index (χ1v) is 29.0. The zero-order valence-corrected chi connectivity index (χ0v) is 47.5. The summed E-state index contributed by atoms with van der Waals surface area (Å²) < 4.78 is 0. The largest absolute Gasteiger partial charge is 0.480 e. The number of nitrogens with one attached hydrogen (secondary N) is 6. The summed E-state index contributed by atoms with van der Waals surface area (Å²) in [6.07, 6.45) is 1.26. The fourth-order valence-corrected chi connectivity index (χ4v) is 11.4. The van der Waals surface area contributed by atoms with Gasteiger partial charge >= 0.3 is 5.97 Å². The van der Waals surface area contributed by atoms with Crippen LogP contribution in [0.3, 0.4) is 0 Å². The highest BCUT2D eigenvalue weighted by atomic mass is 32.2. The number of likely N-dealkylation sites (tertiary alicyclic amines) is 2. The van der Waals surface area contributed by atoms with Gasteiger partial charge in [-0.15, -0.1) is 23.1 Å². The molecule has 456 valence electrons. The number of carboxylic acids is 1. The molecule has 4 heterocycles. The van der Waals surface area contributed by atoms with Crippen LogP contribution in [0.5, 0.6) is 0 Å². The average Bonchev–Trinajstić information content (AvgIpc) is 3.92. The molecule has 2 fully saturated rings. The van der Waals surface area contributed by atoms with Gasteiger partial charge in [-0.1, -0.05) is 24.6 Å². The number of para-hydroxylation sites is 1. The number of nitrogens with two attached hydrogens (primary N) is 6. The number of nitrogens with zero attached hydrogens (tertiary/aromatic N) is 5. The van der Waals surface area contributed by atoms with Crippen LogP contribution in [0, 0.1) is 0 Å². The number of aliphatic carboxylic acids is 1. The second-order valence-corrected chi connectivity index (χ2v) is 22.1. The molecular weight excluding hydrogens is 1120 g/mol. The summed E-state index contributed by atoms with van der Waals surface area (Å²) in [5.41, 5.74) is 33.7. The van der Waals surface area contributed by atoms with Crippen molar-refractivity contribution in [2.24, 2.45) is 44.4 Å². The molecule has 21 N–H and O–H groups in total. The lowest BCUT2D eigenvalue weighted by molar-refractivity contribution is -0.149. The van der Waals surface area contributed by atoms with Gasteiger partial charge in [0.05, 0.1) is 31.0 Å². The number of fused-ring (bicyclic) bond motifs is 1. The molecule has 0 bridgehead atoms. The quantitative estimate of drug-likeness (QED) is 0.0190. The van der Waals surface area contributed by atoms with Crippen LogP contribution in [0.1, 0.15) is 69.1 Å². The number of carboxylic acid groups (broad SMARTS) is 1. The maximum atomic E-state index is 14.3. The van der Waals surface area contributed by atoms with Crippen LogP contribution < -0.4 is 71.2 Å². The second kappa shape index (κ2) is 32.9. The Labute approximate surface area is 487 Å². The van der Waals surface area contributed by atoms with E-state index in [-0.39, 0.29) is 88.8 Å². The topological polar surface area (TPSA) is 494 Å². The number of aliphatic hydroxyl groups excluding tert-OH is 2. The predicted molar refractivity (Wildman–Crippen MR) is 306 cm³/mol. The minimum absolute atomic E-state index is 0.0128. The number of carbonyl (C=O) groups is 10. The van der Waals surface area contributed by atoms with Crippen molar-refractivity contribution < 1.29 is 63.3 Å². The smallest absolute Gasteiger partial charge is 0.326 e. The van der Waals surface area contributed by atoms with Crippen molar-refractivity contribution in [3.63, 3.8) is 0 Å². The molecule has 0 aliphatic carbocycles. The van der Waals surface area contributed by atoms with Crippen molar-refractivity contribution >= 4 is 99.8 Å². The molecule has 0 saturated carbocycles. The Hall–Kier alpha value is -7.65. The molecule has 1 aromatic carbocycles. The number of guanidine groups is 2. The first-order chi connectivity index (χ1) is 39.6. The molecule has 9 atom stereocenters. The molecule has 2 saturated heterocycles. The summed E-state index contributed by atoms with van der Waals surface area (Å²) in [5, 5.41) is 48.1. The van der Waals surface area contributed by atoms with Crippen LogP contribution >= 0.6 is 23.1 Å². The Kier molecular flexibility index (Phi) is 26.2. The Bertz CT molecular complexity index is 2660. The molecular formula is C51H77N17O13S2. The fraction of sp³-hybridized carbons (Fsp3) is 0.569. The molecule has 1 aromatic heterocycles. The number of unbranched alkanes of at least 4 members (excludes halogenated alkanes) is 1. The maximum Gasteiger partial charge on any atom is 0.326 e. The highest BCUT2D eigenvalue weighted by Gasteiger charge is 2.47. The second-order valence-electron chi connectivity index (χ2n) is 20.0. The molecule has 3 aliphatic heterocycles. The number of hydrogen-bond donors (Lipinski definition) is 15. The molecule has 5 rings (SSSR count). The van der Waals surface area contributed by atoms with E-state index in [1.165, 1.54) is 28.0 Å². The van der Waals surface area contributed by atoms with E-state index in [1.54, 1.807) is 41.8 Å². The minimum atomic E-state index is -1.69. The first-order valence-electron chi connectivity index (χ1n) is 27.2. The summed E-state index contributed by atoms with van der Waals surface area (Å²) in [7, 11) is 0. The van der Waals surface area contributed by atoms with Gasteiger partial charge in [-0.2, -0.15) is 0 Å². The van der Waals surface area contributed by atoms with Crippen LogP contribution in [-0.4, -0.2) is 209 Å². The van der Waals surface area contributed by atoms with E-state index in [0.717, 1.165) is 9.80 Å². The van der Waals surface area contributed by atoms with Crippen molar-refractivity contribution in [1.29, 1.82) is 0 Å². The number of aliphatic imine (C=N–C) groups is 2. The molecule has 0 radical (unpaired) electrons. The lowest BCUT2D eigenvalue weighted by atomic mass is 10.1. The van der Waals surface area contributed by atoms with E-state index >= 15 is 0 Å². The summed E-state index contributed by atoms with van der Waals surface area (Å²) in [6, 6.07) is -0.403. The number of anilines is 1. The van der Waals surface area contributed by atoms with Gasteiger partial charge in [-0.25, -0.2) is 4.79 Å². The van der Waals surface area contributed by atoms with Crippen molar-refractivity contribution in [2.45, 2.75) is 130 Å². The SMILES string of the molecule is NCCCC[C@H](N)C(=O)N[C@@H](CCCN=C(N)N)C(=O)N1CCC[C@H]1C(=O)N1CC[C@@H](O)[C@H]1C(=O)NCC(=O)N[C@@H](Cc1cccs1)C(=O)N[C@@H](CO)C(=O)N[C@@H]1CSc2ccccc2N(CC(=O)NC(CCCN=C(N)N)C(=O)O)C1=O. The highest BCUT2D eigenvalue weighted by Crippen LogP contribution is 2.34. The summed E-state index contributed by atoms with van der Waals surface area (Å²) >= 11 is 2.42. The Balaban J connectivity index is 1.22. The van der Waals surface area contributed by atoms with Crippen LogP contribution in [0.25, 0.3) is 0 Å². The Morgan fingerprint density at radius 3 is 2.07 bits per heavy atom. The summed E-state index contributed by atoms with van der Waals surface area (Å²) in [6.45, 7) is -1.61. The number of amides is 9. The molecule has 2 aromatic rings. The van der Waals surface area contributed by atoms with Crippen LogP contribution in [0.2, 0.25) is 0 Å². The first kappa shape index (κ1) is 66.2. The van der Waals surface area contributed by atoms with E-state index in [4.69, 9.17) is 34.4 Å². The lowest BCUT2D eigenvalue weighted by Crippen LogP contribution is -2.60. The van der Waals surface area contributed by atoms with E-state index in [1.807, 2.05) is 0 Å². The van der Waals surface area contributed by atoms with Crippen LogP contribution in [-0.2, 0) is 54.4 Å². The molecule has 32 heteroatoms. The standard InChI is InChI=1S/C51H77N17O13S2/c52-17-4-3-10-29(53)42(73)63-30(11-5-18-58-50(54)55)46(77)66-20-7-14-36(66)48(79)67-21-16-37(70)41(67)45(76)60-24-39(71)62-32(23-28-9-8-22-82-28)43(74)64-33(26-69)44(75)65-34-27-83-38-15-2-1-13-35(38)68(47(34)78)25-40(72)61-31(49(80)81)12-6-19-59-51(56)57/h1-2,8-9,13,15,22,29-34,36-37,41,69-70H,3-7,10-12,14,16-21,23-27,52-53H2,(H,60,76)(H,61,72)(H,62,71)(H,63,73)(H,64,74)(H,65,75)(H,80,81)(H4,54,55,58)(H4,56,57,59)/t29-,30-,31?,32-,33-,34+,36-,37+,41-/m0/s1. The van der Waals surface area contributed by atoms with E-state index in [0.29, 0.717) is 47.7 Å². The zero-order chi connectivity index (χ0) is 60.8. The molecule has 3 aliphatic rings. The highest BCUT2D eigenvalue weighted by molar-refractivity contribution is 7.99. The predicted octanol–water partition coefficient (Wildman–Crippen LogP) is -5.44. The normalized spacial score (nSPS) is 19.3. The lowest BCUT2D eigenvalue weighted by Gasteiger charge is -2.33. The van der Waals surface area contributed by atoms with E-state index in [9.17, 15) is 63.3 Å². The van der Waals surface area contributed by atoms with Gasteiger partial charge in [-0.3, -0.25) is 53.1 Å². The van der Waals surface area contributed by atoms with Crippen molar-refractivity contribution in [2.75, 3.05) is 63.1 Å². The van der Waals surface area contributed by atoms with Crippen LogP contribution in [0.4, 0.5) is 5.69 Å². The minimum Gasteiger partial charge on any atom is -0.480 e. The zero-order valence-electron chi connectivity index (χ0n) is 45.8. The van der Waals surface area contributed by atoms with Crippen molar-refractivity contribution in [3.8, 4) is 0 Å². The van der Waals surface area contributed by atoms with Gasteiger partial charge < -0.3 is 96.3 Å². The third-order valence-electron chi connectivity index (χ3n) is 13.8. The molecule has 1 unspecified atom stereocenters. The fourth-order valence-electron chi connectivity index (χ4n) is 9.56. The Morgan fingerprint density at radius 2 is 1.42 bits per heavy atom. The molecule has 30 nitrogen and oxygen atoms in total. The number of carbonyl (C=O) groups excluding carboxylic acids is 9. The third-order valence-corrected chi connectivity index (χ3v) is 15.9. The van der Waals surface area contributed by atoms with Crippen molar-refractivity contribution in [1.82, 2.24) is 41.7 Å². The van der Waals surface area contributed by atoms with Gasteiger partial charge in [0, 0.05) is 48.1 Å². The summed E-state index contributed by atoms with van der Waals surface area (Å²) in [4.78, 5) is 149.